The highest BCUT2D eigenvalue weighted by atomic mass is 32.2. The predicted molar refractivity (Wildman–Crippen MR) is 51.2 cm³/mol. The van der Waals surface area contributed by atoms with Crippen LogP contribution in [0.25, 0.3) is 0 Å². The van der Waals surface area contributed by atoms with E-state index in [-0.39, 0.29) is 0 Å². The third-order valence-corrected chi connectivity index (χ3v) is 2.83. The van der Waals surface area contributed by atoms with Crippen molar-refractivity contribution in [2.45, 2.75) is 6.42 Å². The maximum absolute atomic E-state index is 11.2. The molecule has 0 fully saturated rings. The Morgan fingerprint density at radius 2 is 1.81 bits per heavy atom. The Balaban J connectivity index is 4.69. The zero-order chi connectivity index (χ0) is 12.8. The Morgan fingerprint density at radius 3 is 2.19 bits per heavy atom. The molecule has 0 aliphatic carbocycles. The Labute approximate surface area is 92.7 Å². The fourth-order valence-electron chi connectivity index (χ4n) is 0.947. The molecule has 0 heterocycles. The lowest BCUT2D eigenvalue weighted by Crippen LogP contribution is -2.29. The van der Waals surface area contributed by atoms with E-state index in [0.29, 0.717) is 0 Å². The lowest BCUT2D eigenvalue weighted by molar-refractivity contribution is -0.151. The number of carbonyl (C=O) groups excluding carboxylic acids is 2. The molecule has 9 heteroatoms. The van der Waals surface area contributed by atoms with Gasteiger partial charge in [0, 0.05) is 0 Å². The molecule has 2 N–H and O–H groups in total. The lowest BCUT2D eigenvalue weighted by Gasteiger charge is -2.12. The van der Waals surface area contributed by atoms with Gasteiger partial charge >= 0.3 is 11.9 Å². The van der Waals surface area contributed by atoms with Crippen LogP contribution < -0.4 is 5.90 Å². The molecule has 0 amide bonds. The highest BCUT2D eigenvalue weighted by Gasteiger charge is 2.29. The van der Waals surface area contributed by atoms with Crippen molar-refractivity contribution in [3.05, 3.63) is 0 Å². The van der Waals surface area contributed by atoms with Crippen molar-refractivity contribution in [1.82, 2.24) is 0 Å². The summed E-state index contributed by atoms with van der Waals surface area (Å²) < 4.78 is 34.3. The van der Waals surface area contributed by atoms with Gasteiger partial charge in [-0.05, 0) is 0 Å². The van der Waals surface area contributed by atoms with Crippen LogP contribution in [0.4, 0.5) is 0 Å². The van der Waals surface area contributed by atoms with Crippen molar-refractivity contribution >= 4 is 22.1 Å². The normalized spacial score (nSPS) is 12.9. The van der Waals surface area contributed by atoms with Crippen LogP contribution >= 0.6 is 0 Å². The first-order valence-corrected chi connectivity index (χ1v) is 5.69. The van der Waals surface area contributed by atoms with Gasteiger partial charge in [-0.15, -0.1) is 0 Å². The van der Waals surface area contributed by atoms with Gasteiger partial charge in [0.15, 0.2) is 0 Å². The van der Waals surface area contributed by atoms with Crippen molar-refractivity contribution in [1.29, 1.82) is 0 Å². The monoisotopic (exact) mass is 255 g/mol. The molecule has 16 heavy (non-hydrogen) atoms. The number of ether oxygens (including phenoxy) is 2. The number of methoxy groups -OCH3 is 2. The van der Waals surface area contributed by atoms with E-state index in [1.807, 2.05) is 0 Å². The van der Waals surface area contributed by atoms with Gasteiger partial charge in [-0.2, -0.15) is 18.6 Å². The predicted octanol–water partition coefficient (Wildman–Crippen LogP) is -1.44. The first-order valence-electron chi connectivity index (χ1n) is 4.12. The first-order chi connectivity index (χ1) is 7.36. The third-order valence-electron chi connectivity index (χ3n) is 1.73. The SMILES string of the molecule is COC(=O)CC(CS(=O)(=O)ON)C(=O)OC. The van der Waals surface area contributed by atoms with E-state index in [2.05, 4.69) is 19.7 Å². The molecular weight excluding hydrogens is 242 g/mol. The van der Waals surface area contributed by atoms with Crippen LogP contribution in [-0.4, -0.2) is 40.3 Å². The second-order valence-electron chi connectivity index (χ2n) is 2.82. The van der Waals surface area contributed by atoms with Crippen LogP contribution in [0.2, 0.25) is 0 Å². The zero-order valence-corrected chi connectivity index (χ0v) is 9.65. The van der Waals surface area contributed by atoms with Crippen molar-refractivity contribution < 1.29 is 31.8 Å². The summed E-state index contributed by atoms with van der Waals surface area (Å²) in [6.45, 7) is 0. The number of carbonyl (C=O) groups is 2. The Bertz CT molecular complexity index is 350. The fourth-order valence-corrected chi connectivity index (χ4v) is 1.77. The second-order valence-corrected chi connectivity index (χ2v) is 4.46. The summed E-state index contributed by atoms with van der Waals surface area (Å²) >= 11 is 0. The molecule has 0 radical (unpaired) electrons. The largest absolute Gasteiger partial charge is 0.469 e. The lowest BCUT2D eigenvalue weighted by atomic mass is 10.1. The van der Waals surface area contributed by atoms with Crippen LogP contribution in [0, 0.1) is 5.92 Å². The summed E-state index contributed by atoms with van der Waals surface area (Å²) in [7, 11) is -1.87. The van der Waals surface area contributed by atoms with Gasteiger partial charge in [0.25, 0.3) is 10.1 Å². The molecular formula is C7H13NO7S. The average molecular weight is 255 g/mol. The third kappa shape index (κ3) is 5.05. The summed E-state index contributed by atoms with van der Waals surface area (Å²) in [6.07, 6.45) is -0.425. The maximum Gasteiger partial charge on any atom is 0.310 e. The number of hydrogen-bond donors (Lipinski definition) is 1. The van der Waals surface area contributed by atoms with Crippen LogP contribution in [0.1, 0.15) is 6.42 Å². The minimum Gasteiger partial charge on any atom is -0.469 e. The van der Waals surface area contributed by atoms with E-state index >= 15 is 0 Å². The molecule has 1 atom stereocenters. The van der Waals surface area contributed by atoms with Crippen LogP contribution in [0.15, 0.2) is 0 Å². The van der Waals surface area contributed by atoms with Gasteiger partial charge in [-0.25, -0.2) is 0 Å². The number of esters is 2. The maximum atomic E-state index is 11.2. The quantitative estimate of drug-likeness (QED) is 0.452. The molecule has 0 spiro atoms. The Morgan fingerprint density at radius 1 is 1.25 bits per heavy atom. The van der Waals surface area contributed by atoms with E-state index in [1.165, 1.54) is 0 Å². The molecule has 94 valence electrons. The van der Waals surface area contributed by atoms with E-state index in [0.717, 1.165) is 14.2 Å². The number of rotatable bonds is 6. The molecule has 0 aromatic rings. The molecule has 0 aliphatic rings. The highest BCUT2D eigenvalue weighted by Crippen LogP contribution is 2.10. The van der Waals surface area contributed by atoms with Gasteiger partial charge in [0.05, 0.1) is 32.3 Å². The van der Waals surface area contributed by atoms with Gasteiger partial charge in [0.2, 0.25) is 0 Å². The Hall–Kier alpha value is -1.19. The minimum atomic E-state index is -4.06. The zero-order valence-electron chi connectivity index (χ0n) is 8.83. The van der Waals surface area contributed by atoms with Gasteiger partial charge in [-0.1, -0.05) is 0 Å². The van der Waals surface area contributed by atoms with E-state index in [4.69, 9.17) is 0 Å². The standard InChI is InChI=1S/C7H13NO7S/c1-13-6(9)3-5(7(10)14-2)4-16(11,12)15-8/h5H,3-4,8H2,1-2H3. The minimum absolute atomic E-state index is 0.425. The second kappa shape index (κ2) is 6.40. The molecule has 0 saturated carbocycles. The van der Waals surface area contributed by atoms with Crippen LogP contribution in [0.5, 0.6) is 0 Å². The van der Waals surface area contributed by atoms with Crippen molar-refractivity contribution in [3.63, 3.8) is 0 Å². The summed E-state index contributed by atoms with van der Waals surface area (Å²) in [5, 5.41) is 0. The topological polar surface area (TPSA) is 122 Å². The van der Waals surface area contributed by atoms with Gasteiger partial charge in [-0.3, -0.25) is 9.59 Å². The summed E-state index contributed by atoms with van der Waals surface area (Å²) in [4.78, 5) is 22.1. The van der Waals surface area contributed by atoms with Gasteiger partial charge < -0.3 is 9.47 Å². The van der Waals surface area contributed by atoms with E-state index in [9.17, 15) is 18.0 Å². The van der Waals surface area contributed by atoms with E-state index < -0.39 is 40.1 Å². The molecule has 0 aromatic carbocycles. The highest BCUT2D eigenvalue weighted by molar-refractivity contribution is 7.86. The number of nitrogens with two attached hydrogens (primary N) is 1. The fraction of sp³-hybridized carbons (Fsp3) is 0.714. The van der Waals surface area contributed by atoms with E-state index in [1.54, 1.807) is 0 Å². The molecule has 0 rings (SSSR count). The van der Waals surface area contributed by atoms with Crippen molar-refractivity contribution in [3.8, 4) is 0 Å². The Kier molecular flexibility index (Phi) is 5.93. The molecule has 0 aliphatic heterocycles. The van der Waals surface area contributed by atoms with Gasteiger partial charge in [0.1, 0.15) is 0 Å². The molecule has 1 unspecified atom stereocenters. The average Bonchev–Trinajstić information content (AvgIpc) is 2.26. The molecule has 0 saturated heterocycles. The molecule has 0 aromatic heterocycles. The van der Waals surface area contributed by atoms with Crippen LogP contribution in [-0.2, 0) is 33.5 Å². The molecule has 0 bridgehead atoms. The molecule has 8 nitrogen and oxygen atoms in total. The smallest absolute Gasteiger partial charge is 0.310 e. The van der Waals surface area contributed by atoms with Crippen LogP contribution in [0.3, 0.4) is 0 Å². The summed E-state index contributed by atoms with van der Waals surface area (Å²) in [5.74, 6) is 0.966. The summed E-state index contributed by atoms with van der Waals surface area (Å²) in [6, 6.07) is 0. The number of hydrogen-bond acceptors (Lipinski definition) is 8. The van der Waals surface area contributed by atoms with Crippen molar-refractivity contribution in [2.24, 2.45) is 11.8 Å². The summed E-state index contributed by atoms with van der Waals surface area (Å²) in [5.41, 5.74) is 0. The first kappa shape index (κ1) is 14.8. The van der Waals surface area contributed by atoms with Crippen molar-refractivity contribution in [2.75, 3.05) is 20.0 Å².